The van der Waals surface area contributed by atoms with Crippen molar-refractivity contribution in [3.05, 3.63) is 154 Å². The van der Waals surface area contributed by atoms with Crippen LogP contribution in [-0.4, -0.2) is 87.3 Å². The smallest absolute Gasteiger partial charge is 0.0483 e. The van der Waals surface area contributed by atoms with Crippen LogP contribution >= 0.6 is 0 Å². The Morgan fingerprint density at radius 3 is 1.30 bits per heavy atom. The van der Waals surface area contributed by atoms with Crippen LogP contribution in [0.1, 0.15) is 50.0 Å². The van der Waals surface area contributed by atoms with Crippen LogP contribution in [0.4, 0.5) is 0 Å². The maximum atomic E-state index is 4.36. The quantitative estimate of drug-likeness (QED) is 0.248. The fraction of sp³-hybridized carbons (Fsp3) is 0.375. The van der Waals surface area contributed by atoms with Gasteiger partial charge in [0, 0.05) is 164 Å². The Kier molecular flexibility index (Phi) is 12.3. The molecule has 0 unspecified atom stereocenters. The molecule has 0 saturated carbocycles. The Hall–Kier alpha value is -5.22. The van der Waals surface area contributed by atoms with Gasteiger partial charge in [-0.3, -0.25) is 14.7 Å². The second kappa shape index (κ2) is 17.5. The first-order valence-electron chi connectivity index (χ1n) is 20.8. The topological polar surface area (TPSA) is 60.6 Å². The predicted molar refractivity (Wildman–Crippen MR) is 239 cm³/mol. The standard InChI is InChI=1S/C48H63N9/c1-10-40-27-39(46-16-13-36(6)52(46)7)30-43(51-40)33-57-23-21-55(31-41-28-37(25-34(4)49-41)47-17-14-44(11-2)53(47)8)19-20-56(22-24-57)32-42-29-38(26-35(5)50-42)48-18-15-45(12-3)54(48)9/h13-18,25-30,49-51H,4-6,10-12,19-24,31-33H2,1-3,7-9H3. The van der Waals surface area contributed by atoms with Crippen molar-refractivity contribution < 1.29 is 0 Å². The molecule has 0 atom stereocenters. The number of hydrogen-bond acceptors (Lipinski definition) is 6. The molecule has 3 aromatic heterocycles. The summed E-state index contributed by atoms with van der Waals surface area (Å²) in [4.78, 5) is 7.86. The molecular formula is C48H63N9. The lowest BCUT2D eigenvalue weighted by Gasteiger charge is -2.29. The second-order valence-corrected chi connectivity index (χ2v) is 16.0. The minimum Gasteiger partial charge on any atom is -0.361 e. The number of nitrogens with one attached hydrogen (secondary N) is 3. The number of allylic oxidation sites excluding steroid dienone is 9. The molecule has 3 aromatic rings. The Bertz CT molecular complexity index is 2220. The normalized spacial score (nSPS) is 19.9. The maximum Gasteiger partial charge on any atom is 0.0483 e. The molecule has 0 radical (unpaired) electrons. The molecule has 9 nitrogen and oxygen atoms in total. The highest BCUT2D eigenvalue weighted by atomic mass is 15.3. The fourth-order valence-electron chi connectivity index (χ4n) is 8.60. The lowest BCUT2D eigenvalue weighted by Crippen LogP contribution is -2.40. The van der Waals surface area contributed by atoms with E-state index < -0.39 is 0 Å². The van der Waals surface area contributed by atoms with E-state index in [4.69, 9.17) is 0 Å². The fourth-order valence-corrected chi connectivity index (χ4v) is 8.60. The molecule has 0 aromatic carbocycles. The summed E-state index contributed by atoms with van der Waals surface area (Å²) in [5, 5.41) is 13.2. The van der Waals surface area contributed by atoms with Gasteiger partial charge in [0.15, 0.2) is 0 Å². The lowest BCUT2D eigenvalue weighted by molar-refractivity contribution is 0.236. The Labute approximate surface area is 340 Å². The van der Waals surface area contributed by atoms with E-state index >= 15 is 0 Å². The zero-order valence-corrected chi connectivity index (χ0v) is 35.2. The highest BCUT2D eigenvalue weighted by molar-refractivity contribution is 5.78. The molecule has 7 heterocycles. The summed E-state index contributed by atoms with van der Waals surface area (Å²) in [5.74, 6) is 0. The van der Waals surface area contributed by atoms with Crippen LogP contribution in [0.25, 0.3) is 23.3 Å². The van der Waals surface area contributed by atoms with E-state index in [1.54, 1.807) is 0 Å². The first kappa shape index (κ1) is 40.0. The largest absolute Gasteiger partial charge is 0.361 e. The van der Waals surface area contributed by atoms with Gasteiger partial charge in [-0.15, -0.1) is 0 Å². The molecular weight excluding hydrogens is 703 g/mol. The molecule has 0 spiro atoms. The van der Waals surface area contributed by atoms with Crippen molar-refractivity contribution in [3.63, 3.8) is 0 Å². The van der Waals surface area contributed by atoms with E-state index in [0.717, 1.165) is 94.9 Å². The summed E-state index contributed by atoms with van der Waals surface area (Å²) in [7, 11) is 6.43. The van der Waals surface area contributed by atoms with Crippen LogP contribution in [0, 0.1) is 0 Å². The SMILES string of the molecule is C=C1C=C(c2ccc(CC)n2C)C=C(CN2CCN(CC3=CC(c4ccc(CC)n4C)=CC(=C)N3)CCN(CC3=CC(=c4ccc(=C)n4C)C=C(CC)N3)CC2)N1. The van der Waals surface area contributed by atoms with Crippen LogP contribution in [0.2, 0.25) is 0 Å². The predicted octanol–water partition coefficient (Wildman–Crippen LogP) is 5.26. The third-order valence-electron chi connectivity index (χ3n) is 12.0. The Balaban J connectivity index is 1.15. The average Bonchev–Trinajstić information content (AvgIpc) is 3.89. The molecule has 1 saturated heterocycles. The summed E-state index contributed by atoms with van der Waals surface area (Å²) in [6.07, 6.45) is 16.6. The van der Waals surface area contributed by atoms with E-state index in [-0.39, 0.29) is 0 Å². The number of aryl methyl sites for hydroxylation is 2. The van der Waals surface area contributed by atoms with Crippen molar-refractivity contribution >= 4 is 23.3 Å². The molecule has 3 N–H and O–H groups in total. The van der Waals surface area contributed by atoms with Crippen LogP contribution in [-0.2, 0) is 34.0 Å². The molecule has 9 heteroatoms. The summed E-state index contributed by atoms with van der Waals surface area (Å²) >= 11 is 0. The van der Waals surface area contributed by atoms with E-state index in [2.05, 4.69) is 179 Å². The maximum absolute atomic E-state index is 4.36. The molecule has 1 fully saturated rings. The summed E-state index contributed by atoms with van der Waals surface area (Å²) in [6, 6.07) is 13.2. The summed E-state index contributed by atoms with van der Waals surface area (Å²) in [5.41, 5.74) is 15.5. The minimum absolute atomic E-state index is 0.823. The monoisotopic (exact) mass is 766 g/mol. The van der Waals surface area contributed by atoms with Gasteiger partial charge in [0.25, 0.3) is 0 Å². The highest BCUT2D eigenvalue weighted by Crippen LogP contribution is 2.27. The number of dihydropyridines is 3. The van der Waals surface area contributed by atoms with Crippen LogP contribution < -0.4 is 26.6 Å². The lowest BCUT2D eigenvalue weighted by atomic mass is 10.1. The van der Waals surface area contributed by atoms with Crippen molar-refractivity contribution in [2.24, 2.45) is 21.1 Å². The van der Waals surface area contributed by atoms with E-state index in [9.17, 15) is 0 Å². The van der Waals surface area contributed by atoms with Gasteiger partial charge >= 0.3 is 0 Å². The number of nitrogens with zero attached hydrogens (tertiary/aromatic N) is 6. The van der Waals surface area contributed by atoms with Gasteiger partial charge in [0.1, 0.15) is 0 Å². The van der Waals surface area contributed by atoms with Gasteiger partial charge in [-0.1, -0.05) is 40.5 Å². The highest BCUT2D eigenvalue weighted by Gasteiger charge is 2.23. The first-order valence-corrected chi connectivity index (χ1v) is 20.8. The van der Waals surface area contributed by atoms with Crippen molar-refractivity contribution in [1.82, 2.24) is 44.4 Å². The van der Waals surface area contributed by atoms with Crippen molar-refractivity contribution in [1.29, 1.82) is 0 Å². The Morgan fingerprint density at radius 2 is 0.912 bits per heavy atom. The van der Waals surface area contributed by atoms with Crippen molar-refractivity contribution in [3.8, 4) is 0 Å². The summed E-state index contributed by atoms with van der Waals surface area (Å²) < 4.78 is 6.80. The minimum atomic E-state index is 0.823. The van der Waals surface area contributed by atoms with Gasteiger partial charge in [0.2, 0.25) is 0 Å². The second-order valence-electron chi connectivity index (χ2n) is 16.0. The van der Waals surface area contributed by atoms with Crippen LogP contribution in [0.5, 0.6) is 0 Å². The van der Waals surface area contributed by atoms with Gasteiger partial charge < -0.3 is 29.7 Å². The zero-order chi connectivity index (χ0) is 40.2. The van der Waals surface area contributed by atoms with Gasteiger partial charge in [-0.2, -0.15) is 0 Å². The molecule has 0 bridgehead atoms. The van der Waals surface area contributed by atoms with E-state index in [1.165, 1.54) is 67.6 Å². The van der Waals surface area contributed by atoms with Gasteiger partial charge in [-0.05, 0) is 92.1 Å². The van der Waals surface area contributed by atoms with Crippen LogP contribution in [0.3, 0.4) is 0 Å². The molecule has 4 aliphatic heterocycles. The molecule has 300 valence electrons. The van der Waals surface area contributed by atoms with E-state index in [1.807, 2.05) is 0 Å². The third-order valence-corrected chi connectivity index (χ3v) is 12.0. The first-order chi connectivity index (χ1) is 27.5. The number of hydrogen-bond donors (Lipinski definition) is 3. The summed E-state index contributed by atoms with van der Waals surface area (Å²) in [6.45, 7) is 27.9. The van der Waals surface area contributed by atoms with E-state index in [0.29, 0.717) is 0 Å². The molecule has 4 aliphatic rings. The molecule has 7 rings (SSSR count). The zero-order valence-electron chi connectivity index (χ0n) is 35.2. The van der Waals surface area contributed by atoms with Crippen LogP contribution in [0.15, 0.2) is 120 Å². The Morgan fingerprint density at radius 1 is 0.474 bits per heavy atom. The molecule has 57 heavy (non-hydrogen) atoms. The number of rotatable bonds is 11. The third kappa shape index (κ3) is 9.17. The molecule has 0 amide bonds. The number of aromatic nitrogens is 3. The van der Waals surface area contributed by atoms with Crippen molar-refractivity contribution in [2.75, 3.05) is 58.9 Å². The van der Waals surface area contributed by atoms with Gasteiger partial charge in [0.05, 0.1) is 0 Å². The van der Waals surface area contributed by atoms with Gasteiger partial charge in [-0.25, -0.2) is 0 Å². The molecule has 0 aliphatic carbocycles. The van der Waals surface area contributed by atoms with Crippen molar-refractivity contribution in [2.45, 2.75) is 40.0 Å². The average molecular weight is 766 g/mol.